The predicted molar refractivity (Wildman–Crippen MR) is 112 cm³/mol. The Morgan fingerprint density at radius 2 is 1.83 bits per heavy atom. The molecule has 2 amide bonds. The number of nitrogens with zero attached hydrogens (tertiary/aromatic N) is 2. The molecule has 0 aliphatic carbocycles. The molecule has 0 bridgehead atoms. The molecule has 2 aliphatic rings. The molecule has 0 saturated heterocycles. The SMILES string of the molecule is C[C@H](OC(=O)CCN1C(=O)COc2ccccc21)C(=O)N1c2ccccc2C[C@@H]1C. The first kappa shape index (κ1) is 19.9. The average Bonchev–Trinajstić information content (AvgIpc) is 3.08. The lowest BCUT2D eigenvalue weighted by atomic mass is 10.1. The van der Waals surface area contributed by atoms with E-state index in [-0.39, 0.29) is 37.4 Å². The molecule has 0 unspecified atom stereocenters. The molecule has 156 valence electrons. The summed E-state index contributed by atoms with van der Waals surface area (Å²) in [5.41, 5.74) is 2.61. The molecule has 0 spiro atoms. The Kier molecular flexibility index (Phi) is 5.44. The third-order valence-electron chi connectivity index (χ3n) is 5.45. The molecule has 2 atom stereocenters. The van der Waals surface area contributed by atoms with Crippen molar-refractivity contribution in [1.82, 2.24) is 0 Å². The molecule has 2 heterocycles. The summed E-state index contributed by atoms with van der Waals surface area (Å²) >= 11 is 0. The first-order valence-corrected chi connectivity index (χ1v) is 10.1. The molecule has 2 aliphatic heterocycles. The number of anilines is 2. The van der Waals surface area contributed by atoms with Gasteiger partial charge in [-0.05, 0) is 44.0 Å². The minimum absolute atomic E-state index is 0.0101. The Bertz CT molecular complexity index is 989. The van der Waals surface area contributed by atoms with Crippen LogP contribution in [-0.2, 0) is 25.5 Å². The van der Waals surface area contributed by atoms with E-state index in [0.29, 0.717) is 11.4 Å². The summed E-state index contributed by atoms with van der Waals surface area (Å²) in [5.74, 6) is -0.370. The Morgan fingerprint density at radius 1 is 1.13 bits per heavy atom. The van der Waals surface area contributed by atoms with Gasteiger partial charge in [-0.25, -0.2) is 0 Å². The summed E-state index contributed by atoms with van der Waals surface area (Å²) in [4.78, 5) is 40.8. The van der Waals surface area contributed by atoms with E-state index in [1.54, 1.807) is 24.0 Å². The van der Waals surface area contributed by atoms with Crippen molar-refractivity contribution in [2.75, 3.05) is 23.0 Å². The standard InChI is InChI=1S/C23H24N2O5/c1-15-13-17-7-3-4-8-18(17)25(15)23(28)16(2)30-22(27)11-12-24-19-9-5-6-10-20(19)29-14-21(24)26/h3-10,15-16H,11-14H2,1-2H3/t15-,16-/m0/s1. The second-order valence-corrected chi connectivity index (χ2v) is 7.57. The van der Waals surface area contributed by atoms with E-state index < -0.39 is 12.1 Å². The van der Waals surface area contributed by atoms with E-state index >= 15 is 0 Å². The number of rotatable bonds is 5. The molecule has 0 radical (unpaired) electrons. The van der Waals surface area contributed by atoms with Crippen LogP contribution in [0.3, 0.4) is 0 Å². The highest BCUT2D eigenvalue weighted by Crippen LogP contribution is 2.33. The third-order valence-corrected chi connectivity index (χ3v) is 5.45. The predicted octanol–water partition coefficient (Wildman–Crippen LogP) is 2.71. The van der Waals surface area contributed by atoms with Gasteiger partial charge in [-0.3, -0.25) is 14.4 Å². The van der Waals surface area contributed by atoms with Crippen molar-refractivity contribution in [2.24, 2.45) is 0 Å². The van der Waals surface area contributed by atoms with Gasteiger partial charge in [-0.2, -0.15) is 0 Å². The first-order chi connectivity index (χ1) is 14.5. The molecular formula is C23H24N2O5. The normalized spacial score (nSPS) is 18.3. The quantitative estimate of drug-likeness (QED) is 0.711. The number of amides is 2. The van der Waals surface area contributed by atoms with Gasteiger partial charge in [-0.15, -0.1) is 0 Å². The number of ether oxygens (including phenoxy) is 2. The molecule has 2 aromatic rings. The molecule has 30 heavy (non-hydrogen) atoms. The topological polar surface area (TPSA) is 76.1 Å². The second kappa shape index (κ2) is 8.18. The van der Waals surface area contributed by atoms with Gasteiger partial charge in [0.15, 0.2) is 12.7 Å². The van der Waals surface area contributed by atoms with Gasteiger partial charge in [-0.1, -0.05) is 30.3 Å². The fourth-order valence-corrected chi connectivity index (χ4v) is 4.01. The number of para-hydroxylation sites is 3. The van der Waals surface area contributed by atoms with Gasteiger partial charge in [0, 0.05) is 18.3 Å². The maximum Gasteiger partial charge on any atom is 0.308 e. The number of carbonyl (C=O) groups is 3. The molecule has 0 aromatic heterocycles. The van der Waals surface area contributed by atoms with Gasteiger partial charge >= 0.3 is 5.97 Å². The van der Waals surface area contributed by atoms with Gasteiger partial charge in [0.25, 0.3) is 11.8 Å². The molecule has 4 rings (SSSR count). The summed E-state index contributed by atoms with van der Waals surface area (Å²) in [5, 5.41) is 0. The van der Waals surface area contributed by atoms with Crippen molar-refractivity contribution in [3.8, 4) is 5.75 Å². The Labute approximate surface area is 175 Å². The summed E-state index contributed by atoms with van der Waals surface area (Å²) in [6.07, 6.45) is -0.135. The Morgan fingerprint density at radius 3 is 2.63 bits per heavy atom. The van der Waals surface area contributed by atoms with Crippen LogP contribution in [0.4, 0.5) is 11.4 Å². The van der Waals surface area contributed by atoms with Crippen LogP contribution in [0.2, 0.25) is 0 Å². The number of fused-ring (bicyclic) bond motifs is 2. The number of carbonyl (C=O) groups excluding carboxylic acids is 3. The average molecular weight is 408 g/mol. The van der Waals surface area contributed by atoms with Crippen molar-refractivity contribution in [2.45, 2.75) is 38.8 Å². The minimum Gasteiger partial charge on any atom is -0.482 e. The summed E-state index contributed by atoms with van der Waals surface area (Å²) in [7, 11) is 0. The molecule has 0 fully saturated rings. The van der Waals surface area contributed by atoms with Crippen molar-refractivity contribution < 1.29 is 23.9 Å². The minimum atomic E-state index is -0.904. The first-order valence-electron chi connectivity index (χ1n) is 10.1. The van der Waals surface area contributed by atoms with Crippen molar-refractivity contribution in [3.63, 3.8) is 0 Å². The van der Waals surface area contributed by atoms with Crippen molar-refractivity contribution >= 4 is 29.2 Å². The van der Waals surface area contributed by atoms with Crippen molar-refractivity contribution in [3.05, 3.63) is 54.1 Å². The van der Waals surface area contributed by atoms with Crippen LogP contribution in [0.1, 0.15) is 25.8 Å². The van der Waals surface area contributed by atoms with Gasteiger partial charge in [0.2, 0.25) is 0 Å². The summed E-state index contributed by atoms with van der Waals surface area (Å²) in [6.45, 7) is 3.67. The Hall–Kier alpha value is -3.35. The van der Waals surface area contributed by atoms with Crippen LogP contribution in [0.5, 0.6) is 5.75 Å². The van der Waals surface area contributed by atoms with Crippen LogP contribution in [0.15, 0.2) is 48.5 Å². The molecule has 7 nitrogen and oxygen atoms in total. The van der Waals surface area contributed by atoms with Gasteiger partial charge in [0.05, 0.1) is 12.1 Å². The highest BCUT2D eigenvalue weighted by molar-refractivity contribution is 6.00. The number of hydrogen-bond donors (Lipinski definition) is 0. The third kappa shape index (κ3) is 3.75. The lowest BCUT2D eigenvalue weighted by molar-refractivity contribution is -0.153. The van der Waals surface area contributed by atoms with E-state index in [9.17, 15) is 14.4 Å². The lowest BCUT2D eigenvalue weighted by Gasteiger charge is -2.29. The highest BCUT2D eigenvalue weighted by Gasteiger charge is 2.34. The highest BCUT2D eigenvalue weighted by atomic mass is 16.5. The van der Waals surface area contributed by atoms with E-state index in [1.807, 2.05) is 43.3 Å². The lowest BCUT2D eigenvalue weighted by Crippen LogP contribution is -2.44. The van der Waals surface area contributed by atoms with E-state index in [0.717, 1.165) is 17.7 Å². The van der Waals surface area contributed by atoms with Crippen LogP contribution < -0.4 is 14.5 Å². The van der Waals surface area contributed by atoms with Crippen LogP contribution >= 0.6 is 0 Å². The van der Waals surface area contributed by atoms with E-state index in [1.165, 1.54) is 4.90 Å². The summed E-state index contributed by atoms with van der Waals surface area (Å²) in [6, 6.07) is 15.0. The van der Waals surface area contributed by atoms with Crippen LogP contribution in [0, 0.1) is 0 Å². The molecule has 2 aromatic carbocycles. The Balaban J connectivity index is 1.37. The monoisotopic (exact) mass is 408 g/mol. The van der Waals surface area contributed by atoms with E-state index in [2.05, 4.69) is 0 Å². The molecule has 7 heteroatoms. The van der Waals surface area contributed by atoms with Crippen LogP contribution in [0.25, 0.3) is 0 Å². The van der Waals surface area contributed by atoms with Crippen LogP contribution in [-0.4, -0.2) is 43.1 Å². The maximum absolute atomic E-state index is 12.9. The number of benzene rings is 2. The number of hydrogen-bond acceptors (Lipinski definition) is 5. The number of esters is 1. The second-order valence-electron chi connectivity index (χ2n) is 7.57. The maximum atomic E-state index is 12.9. The van der Waals surface area contributed by atoms with Gasteiger partial charge < -0.3 is 19.3 Å². The zero-order valence-corrected chi connectivity index (χ0v) is 17.0. The smallest absolute Gasteiger partial charge is 0.308 e. The van der Waals surface area contributed by atoms with E-state index in [4.69, 9.17) is 9.47 Å². The largest absolute Gasteiger partial charge is 0.482 e. The van der Waals surface area contributed by atoms with Gasteiger partial charge in [0.1, 0.15) is 5.75 Å². The zero-order chi connectivity index (χ0) is 21.3. The summed E-state index contributed by atoms with van der Waals surface area (Å²) < 4.78 is 10.8. The zero-order valence-electron chi connectivity index (χ0n) is 17.0. The molecular weight excluding hydrogens is 384 g/mol. The fraction of sp³-hybridized carbons (Fsp3) is 0.348. The fourth-order valence-electron chi connectivity index (χ4n) is 4.01. The van der Waals surface area contributed by atoms with Crippen molar-refractivity contribution in [1.29, 1.82) is 0 Å². The molecule has 0 saturated carbocycles. The molecule has 0 N–H and O–H groups in total.